The summed E-state index contributed by atoms with van der Waals surface area (Å²) in [5.41, 5.74) is -2.83. The van der Waals surface area contributed by atoms with Gasteiger partial charge in [-0.25, -0.2) is 0 Å². The number of halogens is 6. The van der Waals surface area contributed by atoms with Crippen LogP contribution in [0.2, 0.25) is 0 Å². The molecule has 2 N–H and O–H groups in total. The second-order valence-corrected chi connectivity index (χ2v) is 10.2. The van der Waals surface area contributed by atoms with Crippen molar-refractivity contribution in [2.45, 2.75) is 81.4 Å². The molecule has 7 nitrogen and oxygen atoms in total. The van der Waals surface area contributed by atoms with Crippen LogP contribution in [0.3, 0.4) is 0 Å². The van der Waals surface area contributed by atoms with E-state index >= 15 is 0 Å². The molecule has 1 aromatic heterocycles. The molecule has 5 unspecified atom stereocenters. The Hall–Kier alpha value is -3.03. The molecule has 13 heteroatoms. The molecule has 0 spiro atoms. The Bertz CT molecular complexity index is 1260. The maximum atomic E-state index is 13.4. The normalized spacial score (nSPS) is 26.1. The Balaban J connectivity index is 1.43. The van der Waals surface area contributed by atoms with Crippen LogP contribution in [0, 0.1) is 0 Å². The maximum absolute atomic E-state index is 13.4. The fraction of sp³-hybridized carbons (Fsp3) is 0.500. The van der Waals surface area contributed by atoms with Crippen LogP contribution >= 0.6 is 0 Å². The summed E-state index contributed by atoms with van der Waals surface area (Å²) in [5, 5.41) is 25.9. The predicted octanol–water partition coefficient (Wildman–Crippen LogP) is 4.81. The van der Waals surface area contributed by atoms with Gasteiger partial charge in [0.15, 0.2) is 5.82 Å². The van der Waals surface area contributed by atoms with Crippen LogP contribution in [0.25, 0.3) is 0 Å². The second kappa shape index (κ2) is 10.2. The summed E-state index contributed by atoms with van der Waals surface area (Å²) in [7, 11) is 0. The monoisotopic (exact) mass is 555 g/mol. The van der Waals surface area contributed by atoms with Gasteiger partial charge in [-0.1, -0.05) is 30.3 Å². The molecule has 2 fully saturated rings. The van der Waals surface area contributed by atoms with E-state index in [0.29, 0.717) is 37.2 Å². The highest BCUT2D eigenvalue weighted by Crippen LogP contribution is 2.50. The zero-order valence-electron chi connectivity index (χ0n) is 20.9. The van der Waals surface area contributed by atoms with Gasteiger partial charge in [0, 0.05) is 12.0 Å². The van der Waals surface area contributed by atoms with Crippen molar-refractivity contribution in [3.63, 3.8) is 0 Å². The van der Waals surface area contributed by atoms with Crippen LogP contribution in [0.1, 0.15) is 60.2 Å². The largest absolute Gasteiger partial charge is 0.416 e. The number of piperidine rings is 1. The number of tetrazole rings is 1. The fourth-order valence-electron chi connectivity index (χ4n) is 5.69. The zero-order valence-corrected chi connectivity index (χ0v) is 20.9. The Morgan fingerprint density at radius 3 is 2.33 bits per heavy atom. The van der Waals surface area contributed by atoms with Gasteiger partial charge in [-0.05, 0) is 60.7 Å². The van der Waals surface area contributed by atoms with Gasteiger partial charge in [0.25, 0.3) is 0 Å². The third kappa shape index (κ3) is 5.66. The number of ether oxygens (including phenoxy) is 1. The molecule has 0 radical (unpaired) electrons. The second-order valence-electron chi connectivity index (χ2n) is 10.2. The van der Waals surface area contributed by atoms with Crippen molar-refractivity contribution >= 4 is 0 Å². The van der Waals surface area contributed by atoms with Gasteiger partial charge < -0.3 is 15.2 Å². The number of aromatic nitrogens is 4. The van der Waals surface area contributed by atoms with Crippen molar-refractivity contribution in [1.29, 1.82) is 0 Å². The lowest BCUT2D eigenvalue weighted by molar-refractivity contribution is -0.143. The van der Waals surface area contributed by atoms with E-state index in [2.05, 4.69) is 20.7 Å². The average Bonchev–Trinajstić information content (AvgIpc) is 3.45. The lowest BCUT2D eigenvalue weighted by Gasteiger charge is -2.42. The number of rotatable bonds is 7. The van der Waals surface area contributed by atoms with Crippen LogP contribution in [0.5, 0.6) is 0 Å². The molecule has 39 heavy (non-hydrogen) atoms. The third-order valence-electron chi connectivity index (χ3n) is 7.38. The van der Waals surface area contributed by atoms with Gasteiger partial charge in [0.1, 0.15) is 0 Å². The lowest BCUT2D eigenvalue weighted by Crippen LogP contribution is -2.54. The Morgan fingerprint density at radius 1 is 1.05 bits per heavy atom. The number of nitrogens with zero attached hydrogens (tertiary/aromatic N) is 4. The van der Waals surface area contributed by atoms with Crippen molar-refractivity contribution < 1.29 is 36.2 Å². The van der Waals surface area contributed by atoms with Gasteiger partial charge in [-0.15, -0.1) is 10.2 Å². The summed E-state index contributed by atoms with van der Waals surface area (Å²) in [6, 6.07) is 10.9. The quantitative estimate of drug-likeness (QED) is 0.407. The minimum Gasteiger partial charge on any atom is -0.391 e. The number of aliphatic hydroxyl groups is 1. The zero-order chi connectivity index (χ0) is 28.0. The van der Waals surface area contributed by atoms with E-state index in [-0.39, 0.29) is 30.1 Å². The summed E-state index contributed by atoms with van der Waals surface area (Å²) in [4.78, 5) is 1.33. The minimum absolute atomic E-state index is 0.0420. The first-order valence-electron chi connectivity index (χ1n) is 12.5. The van der Waals surface area contributed by atoms with Gasteiger partial charge in [-0.2, -0.15) is 31.1 Å². The molecule has 2 saturated heterocycles. The Kier molecular flexibility index (Phi) is 7.18. The SMILES string of the molecule is CC(O)Cn1nnc(C2CC3(c4ccccc4)NC2CCC3OCc2cc(C(F)(F)F)cc(C(F)(F)F)c2)n1. The molecule has 210 valence electrons. The van der Waals surface area contributed by atoms with Crippen molar-refractivity contribution in [3.8, 4) is 0 Å². The molecule has 5 rings (SSSR count). The summed E-state index contributed by atoms with van der Waals surface area (Å²) in [6.45, 7) is 1.37. The molecule has 2 aliphatic rings. The van der Waals surface area contributed by atoms with E-state index in [0.717, 1.165) is 5.56 Å². The van der Waals surface area contributed by atoms with Gasteiger partial charge in [-0.3, -0.25) is 0 Å². The molecule has 5 atom stereocenters. The topological polar surface area (TPSA) is 85.1 Å². The summed E-state index contributed by atoms with van der Waals surface area (Å²) >= 11 is 0. The first kappa shape index (κ1) is 27.5. The third-order valence-corrected chi connectivity index (χ3v) is 7.38. The van der Waals surface area contributed by atoms with Crippen LogP contribution in [0.15, 0.2) is 48.5 Å². The molecule has 2 bridgehead atoms. The first-order valence-corrected chi connectivity index (χ1v) is 12.5. The Morgan fingerprint density at radius 2 is 1.72 bits per heavy atom. The van der Waals surface area contributed by atoms with E-state index in [9.17, 15) is 31.4 Å². The highest BCUT2D eigenvalue weighted by atomic mass is 19.4. The van der Waals surface area contributed by atoms with Gasteiger partial charge >= 0.3 is 12.4 Å². The number of fused-ring (bicyclic) bond motifs is 2. The maximum Gasteiger partial charge on any atom is 0.416 e. The van der Waals surface area contributed by atoms with E-state index in [1.165, 1.54) is 4.80 Å². The molecular weight excluding hydrogens is 528 g/mol. The van der Waals surface area contributed by atoms with Crippen molar-refractivity contribution in [1.82, 2.24) is 25.5 Å². The molecule has 2 aromatic carbocycles. The smallest absolute Gasteiger partial charge is 0.391 e. The molecule has 0 saturated carbocycles. The van der Waals surface area contributed by atoms with Crippen molar-refractivity contribution in [2.24, 2.45) is 0 Å². The van der Waals surface area contributed by atoms with E-state index < -0.39 is 47.8 Å². The van der Waals surface area contributed by atoms with E-state index in [1.807, 2.05) is 30.3 Å². The summed E-state index contributed by atoms with van der Waals surface area (Å²) < 4.78 is 86.3. The standard InChI is InChI=1S/C26H27F6N5O2/c1-15(38)13-37-35-23(34-36-37)20-12-24(17-5-3-2-4-6-17)22(8-7-21(20)33-24)39-14-16-9-18(25(27,28)29)11-19(10-16)26(30,31)32/h2-6,9-11,15,20-22,33,38H,7-8,12-14H2,1H3. The number of hydrogen-bond acceptors (Lipinski definition) is 6. The van der Waals surface area contributed by atoms with Crippen molar-refractivity contribution in [3.05, 3.63) is 76.6 Å². The molecule has 2 aliphatic heterocycles. The van der Waals surface area contributed by atoms with Crippen LogP contribution in [0.4, 0.5) is 26.3 Å². The lowest BCUT2D eigenvalue weighted by atomic mass is 9.80. The fourth-order valence-corrected chi connectivity index (χ4v) is 5.69. The molecule has 3 heterocycles. The predicted molar refractivity (Wildman–Crippen MR) is 126 cm³/mol. The summed E-state index contributed by atoms with van der Waals surface area (Å²) in [6.07, 6.45) is -9.42. The van der Waals surface area contributed by atoms with Crippen LogP contribution in [-0.4, -0.2) is 43.6 Å². The Labute approximate surface area is 220 Å². The van der Waals surface area contributed by atoms with Gasteiger partial charge in [0.2, 0.25) is 0 Å². The number of aliphatic hydroxyl groups excluding tert-OH is 1. The molecular formula is C26H27F6N5O2. The molecule has 0 aliphatic carbocycles. The molecule has 0 amide bonds. The van der Waals surface area contributed by atoms with Crippen molar-refractivity contribution in [2.75, 3.05) is 0 Å². The molecule has 3 aromatic rings. The number of nitrogens with one attached hydrogen (secondary N) is 1. The number of benzene rings is 2. The number of alkyl halides is 6. The van der Waals surface area contributed by atoms with E-state index in [1.54, 1.807) is 6.92 Å². The minimum atomic E-state index is -4.93. The van der Waals surface area contributed by atoms with Crippen LogP contribution in [-0.2, 0) is 35.8 Å². The van der Waals surface area contributed by atoms with Gasteiger partial charge in [0.05, 0.1) is 42.0 Å². The van der Waals surface area contributed by atoms with E-state index in [4.69, 9.17) is 4.74 Å². The van der Waals surface area contributed by atoms with Crippen LogP contribution < -0.4 is 5.32 Å². The first-order chi connectivity index (χ1) is 18.3. The highest BCUT2D eigenvalue weighted by molar-refractivity contribution is 5.35. The highest BCUT2D eigenvalue weighted by Gasteiger charge is 2.55. The summed E-state index contributed by atoms with van der Waals surface area (Å²) in [5.74, 6) is 0.339. The number of hydrogen-bond donors (Lipinski definition) is 2. The average molecular weight is 556 g/mol.